The molecular weight excluding hydrogens is 341 g/mol. The van der Waals surface area contributed by atoms with Crippen LogP contribution in [0.2, 0.25) is 0 Å². The topological polar surface area (TPSA) is 85.8 Å². The molecule has 6 nitrogen and oxygen atoms in total. The Bertz CT molecular complexity index is 631. The van der Waals surface area contributed by atoms with Crippen molar-refractivity contribution in [3.8, 4) is 0 Å². The fraction of sp³-hybridized carbons (Fsp3) is 0.308. The average Bonchev–Trinajstić information content (AvgIpc) is 2.87. The highest BCUT2D eigenvalue weighted by Crippen LogP contribution is 2.19. The van der Waals surface area contributed by atoms with Gasteiger partial charge in [-0.25, -0.2) is 9.07 Å². The summed E-state index contributed by atoms with van der Waals surface area (Å²) in [7, 11) is 0. The smallest absolute Gasteiger partial charge is 0.246 e. The molecule has 0 aliphatic rings. The molecule has 2 aromatic rings. The van der Waals surface area contributed by atoms with Crippen LogP contribution in [0.4, 0.5) is 10.1 Å². The molecule has 112 valence electrons. The van der Waals surface area contributed by atoms with Crippen LogP contribution in [0.25, 0.3) is 0 Å². The molecule has 0 aliphatic heterocycles. The molecule has 21 heavy (non-hydrogen) atoms. The number of hydrogen-bond acceptors (Lipinski definition) is 4. The van der Waals surface area contributed by atoms with Gasteiger partial charge < -0.3 is 11.1 Å². The summed E-state index contributed by atoms with van der Waals surface area (Å²) in [4.78, 5) is 11.8. The molecule has 0 aliphatic carbocycles. The lowest BCUT2D eigenvalue weighted by Crippen LogP contribution is -2.19. The highest BCUT2D eigenvalue weighted by atomic mass is 79.9. The molecule has 0 atom stereocenters. The summed E-state index contributed by atoms with van der Waals surface area (Å²) in [6, 6.07) is 4.43. The molecule has 0 saturated heterocycles. The number of nitrogens with one attached hydrogen (secondary N) is 1. The molecule has 1 aromatic carbocycles. The second kappa shape index (κ2) is 7.28. The van der Waals surface area contributed by atoms with Gasteiger partial charge >= 0.3 is 0 Å². The van der Waals surface area contributed by atoms with Crippen molar-refractivity contribution < 1.29 is 9.18 Å². The maximum Gasteiger partial charge on any atom is 0.246 e. The number of aromatic nitrogens is 3. The van der Waals surface area contributed by atoms with Gasteiger partial charge in [-0.1, -0.05) is 21.1 Å². The predicted molar refractivity (Wildman–Crippen MR) is 80.1 cm³/mol. The van der Waals surface area contributed by atoms with Crippen molar-refractivity contribution in [3.05, 3.63) is 40.4 Å². The Hall–Kier alpha value is -1.80. The van der Waals surface area contributed by atoms with Crippen LogP contribution < -0.4 is 11.1 Å². The average molecular weight is 356 g/mol. The zero-order valence-electron chi connectivity index (χ0n) is 11.2. The monoisotopic (exact) mass is 355 g/mol. The number of aryl methyl sites for hydroxylation is 1. The molecule has 0 spiro atoms. The maximum absolute atomic E-state index is 13.6. The van der Waals surface area contributed by atoms with Gasteiger partial charge in [0.05, 0.1) is 11.4 Å². The van der Waals surface area contributed by atoms with Crippen LogP contribution in [0.15, 0.2) is 28.9 Å². The van der Waals surface area contributed by atoms with E-state index in [4.69, 9.17) is 5.73 Å². The minimum atomic E-state index is -0.500. The van der Waals surface area contributed by atoms with Gasteiger partial charge in [0.1, 0.15) is 12.4 Å². The van der Waals surface area contributed by atoms with Gasteiger partial charge in [0.25, 0.3) is 0 Å². The van der Waals surface area contributed by atoms with Crippen LogP contribution in [0.5, 0.6) is 0 Å². The molecule has 0 unspecified atom stereocenters. The molecule has 0 fully saturated rings. The summed E-state index contributed by atoms with van der Waals surface area (Å²) in [5, 5.41) is 10.3. The van der Waals surface area contributed by atoms with E-state index >= 15 is 0 Å². The Kier molecular flexibility index (Phi) is 5.40. The number of amides is 1. The fourth-order valence-electron chi connectivity index (χ4n) is 1.74. The third kappa shape index (κ3) is 4.61. The van der Waals surface area contributed by atoms with E-state index < -0.39 is 5.82 Å². The normalized spacial score (nSPS) is 10.6. The standard InChI is InChI=1S/C13H15BrFN5O/c14-9-3-4-12(11(15)6-9)17-13(21)8-20-7-10(18-19-20)2-1-5-16/h3-4,6-7H,1-2,5,8,16H2,(H,17,21). The number of anilines is 1. The number of carbonyl (C=O) groups excluding carboxylic acids is 1. The first-order valence-electron chi connectivity index (χ1n) is 6.42. The van der Waals surface area contributed by atoms with E-state index in [1.54, 1.807) is 12.3 Å². The van der Waals surface area contributed by atoms with Crippen molar-refractivity contribution in [3.63, 3.8) is 0 Å². The Morgan fingerprint density at radius 1 is 1.48 bits per heavy atom. The van der Waals surface area contributed by atoms with Crippen molar-refractivity contribution in [2.45, 2.75) is 19.4 Å². The second-order valence-electron chi connectivity index (χ2n) is 4.47. The molecule has 8 heteroatoms. The third-order valence-corrected chi connectivity index (χ3v) is 3.23. The van der Waals surface area contributed by atoms with Crippen LogP contribution >= 0.6 is 15.9 Å². The second-order valence-corrected chi connectivity index (χ2v) is 5.39. The number of halogens is 2. The Morgan fingerprint density at radius 3 is 3.00 bits per heavy atom. The van der Waals surface area contributed by atoms with E-state index in [9.17, 15) is 9.18 Å². The first kappa shape index (κ1) is 15.6. The van der Waals surface area contributed by atoms with Crippen LogP contribution in [0, 0.1) is 5.82 Å². The summed E-state index contributed by atoms with van der Waals surface area (Å²) in [5.74, 6) is -0.869. The van der Waals surface area contributed by atoms with Crippen molar-refractivity contribution in [2.75, 3.05) is 11.9 Å². The zero-order valence-corrected chi connectivity index (χ0v) is 12.8. The highest BCUT2D eigenvalue weighted by Gasteiger charge is 2.09. The molecule has 1 amide bonds. The maximum atomic E-state index is 13.6. The van der Waals surface area contributed by atoms with Crippen molar-refractivity contribution in [2.24, 2.45) is 5.73 Å². The van der Waals surface area contributed by atoms with Crippen LogP contribution in [-0.2, 0) is 17.8 Å². The molecular formula is C13H15BrFN5O. The van der Waals surface area contributed by atoms with E-state index in [-0.39, 0.29) is 18.1 Å². The van der Waals surface area contributed by atoms with Crippen LogP contribution in [0.1, 0.15) is 12.1 Å². The number of rotatable bonds is 6. The summed E-state index contributed by atoms with van der Waals surface area (Å²) >= 11 is 3.16. The Labute approximate surface area is 129 Å². The number of nitrogens with zero attached hydrogens (tertiary/aromatic N) is 3. The van der Waals surface area contributed by atoms with Crippen molar-refractivity contribution >= 4 is 27.5 Å². The SMILES string of the molecule is NCCCc1cn(CC(=O)Nc2ccc(Br)cc2F)nn1. The van der Waals surface area contributed by atoms with Crippen molar-refractivity contribution in [1.29, 1.82) is 0 Å². The molecule has 0 saturated carbocycles. The minimum absolute atomic E-state index is 0.0227. The fourth-order valence-corrected chi connectivity index (χ4v) is 2.07. The molecule has 3 N–H and O–H groups in total. The molecule has 0 bridgehead atoms. The molecule has 0 radical (unpaired) electrons. The van der Waals surface area contributed by atoms with Gasteiger partial charge in [0.2, 0.25) is 5.91 Å². The summed E-state index contributed by atoms with van der Waals surface area (Å²) in [5.41, 5.74) is 6.33. The predicted octanol–water partition coefficient (Wildman–Crippen LogP) is 1.71. The minimum Gasteiger partial charge on any atom is -0.330 e. The Morgan fingerprint density at radius 2 is 2.29 bits per heavy atom. The lowest BCUT2D eigenvalue weighted by atomic mass is 10.2. The summed E-state index contributed by atoms with van der Waals surface area (Å²) in [6.07, 6.45) is 3.22. The third-order valence-electron chi connectivity index (χ3n) is 2.73. The number of carbonyl (C=O) groups is 1. The summed E-state index contributed by atoms with van der Waals surface area (Å²) < 4.78 is 15.6. The summed E-state index contributed by atoms with van der Waals surface area (Å²) in [6.45, 7) is 0.557. The molecule has 1 heterocycles. The van der Waals surface area contributed by atoms with Gasteiger partial charge in [-0.15, -0.1) is 5.10 Å². The van der Waals surface area contributed by atoms with E-state index in [0.29, 0.717) is 11.0 Å². The van der Waals surface area contributed by atoms with E-state index in [1.165, 1.54) is 16.8 Å². The number of hydrogen-bond donors (Lipinski definition) is 2. The number of benzene rings is 1. The quantitative estimate of drug-likeness (QED) is 0.825. The zero-order chi connectivity index (χ0) is 15.2. The van der Waals surface area contributed by atoms with Gasteiger partial charge in [0.15, 0.2) is 0 Å². The lowest BCUT2D eigenvalue weighted by molar-refractivity contribution is -0.116. The highest BCUT2D eigenvalue weighted by molar-refractivity contribution is 9.10. The lowest BCUT2D eigenvalue weighted by Gasteiger charge is -2.06. The molecule has 1 aromatic heterocycles. The largest absolute Gasteiger partial charge is 0.330 e. The van der Waals surface area contributed by atoms with Crippen molar-refractivity contribution in [1.82, 2.24) is 15.0 Å². The first-order chi connectivity index (χ1) is 10.1. The van der Waals surface area contributed by atoms with E-state index in [1.807, 2.05) is 0 Å². The van der Waals surface area contributed by atoms with E-state index in [2.05, 4.69) is 31.6 Å². The van der Waals surface area contributed by atoms with Crippen LogP contribution in [-0.4, -0.2) is 27.4 Å². The van der Waals surface area contributed by atoms with E-state index in [0.717, 1.165) is 18.5 Å². The van der Waals surface area contributed by atoms with Gasteiger partial charge in [-0.3, -0.25) is 4.79 Å². The molecule has 2 rings (SSSR count). The van der Waals surface area contributed by atoms with Crippen LogP contribution in [0.3, 0.4) is 0 Å². The van der Waals surface area contributed by atoms with Gasteiger partial charge in [-0.05, 0) is 37.6 Å². The first-order valence-corrected chi connectivity index (χ1v) is 7.22. The van der Waals surface area contributed by atoms with Gasteiger partial charge in [0, 0.05) is 10.7 Å². The Balaban J connectivity index is 1.93. The number of nitrogens with two attached hydrogens (primary N) is 1. The van der Waals surface area contributed by atoms with Gasteiger partial charge in [-0.2, -0.15) is 0 Å².